The molecule has 1 unspecified atom stereocenters. The number of carbonyl (C=O) groups excluding carboxylic acids is 1. The number of imidazole rings is 1. The molecule has 154 valence electrons. The summed E-state index contributed by atoms with van der Waals surface area (Å²) in [7, 11) is 0. The Hall–Kier alpha value is -3.04. The highest BCUT2D eigenvalue weighted by Crippen LogP contribution is 2.45. The lowest BCUT2D eigenvalue weighted by Crippen LogP contribution is -2.16. The number of halogens is 2. The van der Waals surface area contributed by atoms with Gasteiger partial charge >= 0.3 is 0 Å². The van der Waals surface area contributed by atoms with Gasteiger partial charge < -0.3 is 14.5 Å². The van der Waals surface area contributed by atoms with Gasteiger partial charge in [-0.25, -0.2) is 9.37 Å². The van der Waals surface area contributed by atoms with Gasteiger partial charge in [0.25, 0.3) is 0 Å². The first kappa shape index (κ1) is 19.0. The lowest BCUT2D eigenvalue weighted by atomic mass is 9.88. The molecule has 1 saturated heterocycles. The van der Waals surface area contributed by atoms with Crippen LogP contribution in [-0.2, 0) is 9.53 Å². The molecule has 10 heteroatoms. The maximum atomic E-state index is 15.5. The number of ether oxygens (including phenoxy) is 1. The summed E-state index contributed by atoms with van der Waals surface area (Å²) in [4.78, 5) is 19.3. The molecule has 1 aromatic carbocycles. The molecule has 0 radical (unpaired) electrons. The van der Waals surface area contributed by atoms with E-state index < -0.39 is 5.82 Å². The summed E-state index contributed by atoms with van der Waals surface area (Å²) in [6.45, 7) is 4.39. The van der Waals surface area contributed by atoms with Crippen molar-refractivity contribution >= 4 is 40.4 Å². The van der Waals surface area contributed by atoms with Crippen molar-refractivity contribution in [2.24, 2.45) is 0 Å². The second kappa shape index (κ2) is 6.75. The number of nitrogens with zero attached hydrogens (tertiary/aromatic N) is 4. The van der Waals surface area contributed by atoms with Crippen LogP contribution in [-0.4, -0.2) is 43.2 Å². The molecule has 4 heterocycles. The van der Waals surface area contributed by atoms with E-state index >= 15 is 4.39 Å². The van der Waals surface area contributed by atoms with Crippen molar-refractivity contribution in [2.45, 2.75) is 31.8 Å². The number of anilines is 1. The van der Waals surface area contributed by atoms with E-state index in [1.807, 2.05) is 13.8 Å². The minimum atomic E-state index is -0.495. The van der Waals surface area contributed by atoms with Crippen molar-refractivity contribution in [3.05, 3.63) is 41.2 Å². The van der Waals surface area contributed by atoms with E-state index in [0.717, 1.165) is 0 Å². The van der Waals surface area contributed by atoms with Crippen LogP contribution in [0.25, 0.3) is 27.8 Å². The van der Waals surface area contributed by atoms with Gasteiger partial charge in [-0.3, -0.25) is 14.9 Å². The molecule has 1 aliphatic heterocycles. The van der Waals surface area contributed by atoms with Crippen LogP contribution in [0.2, 0.25) is 5.02 Å². The Balaban J connectivity index is 1.68. The molecular formula is C20H18ClFN6O2. The normalized spacial score (nSPS) is 18.3. The largest absolute Gasteiger partial charge is 0.375 e. The molecule has 1 atom stereocenters. The first-order valence-corrected chi connectivity index (χ1v) is 9.79. The van der Waals surface area contributed by atoms with Gasteiger partial charge in [-0.2, -0.15) is 5.10 Å². The van der Waals surface area contributed by atoms with E-state index in [9.17, 15) is 4.79 Å². The summed E-state index contributed by atoms with van der Waals surface area (Å²) < 4.78 is 23.1. The van der Waals surface area contributed by atoms with Gasteiger partial charge in [-0.15, -0.1) is 0 Å². The van der Waals surface area contributed by atoms with E-state index in [4.69, 9.17) is 16.3 Å². The Morgan fingerprint density at radius 3 is 2.97 bits per heavy atom. The van der Waals surface area contributed by atoms with Crippen LogP contribution in [0.4, 0.5) is 10.2 Å². The molecule has 1 aliphatic rings. The van der Waals surface area contributed by atoms with E-state index in [2.05, 4.69) is 25.5 Å². The molecule has 4 aromatic rings. The predicted octanol–water partition coefficient (Wildman–Crippen LogP) is 3.92. The van der Waals surface area contributed by atoms with E-state index in [0.29, 0.717) is 58.6 Å². The topological polar surface area (TPSA) is 97.2 Å². The maximum Gasteiger partial charge on any atom is 0.212 e. The number of hydrogen-bond acceptors (Lipinski definition) is 5. The minimum Gasteiger partial charge on any atom is -0.375 e. The molecule has 0 aliphatic carbocycles. The number of aromatic nitrogens is 5. The van der Waals surface area contributed by atoms with Crippen molar-refractivity contribution in [3.8, 4) is 11.3 Å². The average Bonchev–Trinajstić information content (AvgIpc) is 3.41. The van der Waals surface area contributed by atoms with Gasteiger partial charge in [0.15, 0.2) is 11.5 Å². The summed E-state index contributed by atoms with van der Waals surface area (Å²) in [6.07, 6.45) is 7.71. The number of fused-ring (bicyclic) bond motifs is 2. The molecule has 3 aromatic heterocycles. The van der Waals surface area contributed by atoms with E-state index in [1.165, 1.54) is 6.20 Å². The summed E-state index contributed by atoms with van der Waals surface area (Å²) in [5, 5.41) is 10.2. The number of carbonyl (C=O) groups is 1. The molecule has 8 nitrogen and oxygen atoms in total. The van der Waals surface area contributed by atoms with Gasteiger partial charge in [-0.1, -0.05) is 11.6 Å². The van der Waals surface area contributed by atoms with Crippen LogP contribution < -0.4 is 5.32 Å². The van der Waals surface area contributed by atoms with Crippen LogP contribution in [0.3, 0.4) is 0 Å². The molecule has 1 fully saturated rings. The van der Waals surface area contributed by atoms with Crippen LogP contribution in [0.5, 0.6) is 0 Å². The van der Waals surface area contributed by atoms with Crippen molar-refractivity contribution in [3.63, 3.8) is 0 Å². The Morgan fingerprint density at radius 1 is 1.40 bits per heavy atom. The summed E-state index contributed by atoms with van der Waals surface area (Å²) >= 11 is 6.54. The zero-order valence-corrected chi connectivity index (χ0v) is 17.0. The van der Waals surface area contributed by atoms with E-state index in [-0.39, 0.29) is 16.5 Å². The third-order valence-corrected chi connectivity index (χ3v) is 5.81. The molecule has 2 N–H and O–H groups in total. The van der Waals surface area contributed by atoms with Crippen molar-refractivity contribution < 1.29 is 13.9 Å². The SMILES string of the molecule is CC1(C)CC(c2c(F)c(Cl)c(-c3cn4cc(NC=O)nc4cn3)c3cn[nH]c23)CO1. The number of hydrogen-bond donors (Lipinski definition) is 2. The fourth-order valence-corrected chi connectivity index (χ4v) is 4.45. The molecule has 5 rings (SSSR count). The number of nitrogens with one attached hydrogen (secondary N) is 2. The highest BCUT2D eigenvalue weighted by atomic mass is 35.5. The molecular weight excluding hydrogens is 411 g/mol. The van der Waals surface area contributed by atoms with Crippen LogP contribution in [0.15, 0.2) is 24.8 Å². The number of H-pyrrole nitrogens is 1. The Bertz CT molecular complexity index is 1300. The molecule has 1 amide bonds. The second-order valence-corrected chi connectivity index (χ2v) is 8.35. The molecule has 0 bridgehead atoms. The van der Waals surface area contributed by atoms with E-state index in [1.54, 1.807) is 23.0 Å². The Labute approximate surface area is 175 Å². The molecule has 0 saturated carbocycles. The predicted molar refractivity (Wildman–Crippen MR) is 110 cm³/mol. The first-order valence-electron chi connectivity index (χ1n) is 9.41. The average molecular weight is 429 g/mol. The third kappa shape index (κ3) is 2.93. The highest BCUT2D eigenvalue weighted by molar-refractivity contribution is 6.35. The number of rotatable bonds is 4. The summed E-state index contributed by atoms with van der Waals surface area (Å²) in [5.74, 6) is -0.241. The van der Waals surface area contributed by atoms with Crippen molar-refractivity contribution in [2.75, 3.05) is 11.9 Å². The summed E-state index contributed by atoms with van der Waals surface area (Å²) in [6, 6.07) is 0. The lowest BCUT2D eigenvalue weighted by Gasteiger charge is -2.17. The molecule has 30 heavy (non-hydrogen) atoms. The van der Waals surface area contributed by atoms with Gasteiger partial charge in [0.1, 0.15) is 5.82 Å². The van der Waals surface area contributed by atoms with Gasteiger partial charge in [0.2, 0.25) is 6.41 Å². The lowest BCUT2D eigenvalue weighted by molar-refractivity contribution is -0.105. The number of aromatic amines is 1. The monoisotopic (exact) mass is 428 g/mol. The minimum absolute atomic E-state index is 0.0122. The fourth-order valence-electron chi connectivity index (χ4n) is 4.15. The smallest absolute Gasteiger partial charge is 0.212 e. The van der Waals surface area contributed by atoms with Crippen LogP contribution in [0, 0.1) is 5.82 Å². The summed E-state index contributed by atoms with van der Waals surface area (Å²) in [5.41, 5.74) is 2.19. The first-order chi connectivity index (χ1) is 14.4. The van der Waals surface area contributed by atoms with Crippen molar-refractivity contribution in [1.29, 1.82) is 0 Å². The Kier molecular flexibility index (Phi) is 4.26. The van der Waals surface area contributed by atoms with Crippen LogP contribution in [0.1, 0.15) is 31.7 Å². The van der Waals surface area contributed by atoms with Crippen molar-refractivity contribution in [1.82, 2.24) is 24.6 Å². The highest BCUT2D eigenvalue weighted by Gasteiger charge is 2.37. The molecule has 0 spiro atoms. The maximum absolute atomic E-state index is 15.5. The third-order valence-electron chi connectivity index (χ3n) is 5.45. The number of amides is 1. The fraction of sp³-hybridized carbons (Fsp3) is 0.300. The van der Waals surface area contributed by atoms with Gasteiger partial charge in [-0.05, 0) is 20.3 Å². The second-order valence-electron chi connectivity index (χ2n) is 7.97. The Morgan fingerprint density at radius 2 is 2.23 bits per heavy atom. The van der Waals surface area contributed by atoms with Gasteiger partial charge in [0, 0.05) is 28.6 Å². The zero-order valence-electron chi connectivity index (χ0n) is 16.2. The quantitative estimate of drug-likeness (QED) is 0.480. The number of benzene rings is 1. The zero-order chi connectivity index (χ0) is 21.0. The van der Waals surface area contributed by atoms with Crippen LogP contribution >= 0.6 is 11.6 Å². The van der Waals surface area contributed by atoms with Gasteiger partial charge in [0.05, 0.1) is 47.0 Å². The standard InChI is InChI=1S/C20H18ClFN6O2/c1-20(2)3-10(8-30-20)15-18(22)17(21)16(11-4-25-27-19(11)15)12-6-28-7-13(24-9-29)26-14(28)5-23-12/h4-7,9-10H,3,8H2,1-2H3,(H,24,29)(H,25,27).